The molecule has 0 aromatic heterocycles. The van der Waals surface area contributed by atoms with Gasteiger partial charge < -0.3 is 10.2 Å². The Morgan fingerprint density at radius 1 is 1.22 bits per heavy atom. The molecule has 0 spiro atoms. The van der Waals surface area contributed by atoms with Gasteiger partial charge >= 0.3 is 0 Å². The van der Waals surface area contributed by atoms with E-state index in [0.717, 1.165) is 38.9 Å². The molecule has 0 aliphatic carbocycles. The van der Waals surface area contributed by atoms with E-state index in [2.05, 4.69) is 29.3 Å². The third-order valence-corrected chi connectivity index (χ3v) is 4.36. The van der Waals surface area contributed by atoms with Crippen LogP contribution in [-0.2, 0) is 11.3 Å². The number of hydrogen-bond donors (Lipinski definition) is 1. The zero-order valence-corrected chi connectivity index (χ0v) is 15.1. The van der Waals surface area contributed by atoms with Gasteiger partial charge in [0.25, 0.3) is 0 Å². The van der Waals surface area contributed by atoms with Crippen molar-refractivity contribution >= 4 is 18.3 Å². The van der Waals surface area contributed by atoms with Gasteiger partial charge in [0.15, 0.2) is 0 Å². The molecule has 5 heteroatoms. The van der Waals surface area contributed by atoms with Gasteiger partial charge in [0.1, 0.15) is 0 Å². The third-order valence-electron chi connectivity index (χ3n) is 4.36. The predicted octanol–water partition coefficient (Wildman–Crippen LogP) is 2.53. The van der Waals surface area contributed by atoms with Crippen molar-refractivity contribution in [3.05, 3.63) is 35.9 Å². The van der Waals surface area contributed by atoms with Crippen molar-refractivity contribution in [2.24, 2.45) is 0 Å². The maximum atomic E-state index is 12.5. The molecule has 1 aromatic carbocycles. The maximum absolute atomic E-state index is 12.5. The Bertz CT molecular complexity index is 449. The minimum atomic E-state index is 0. The van der Waals surface area contributed by atoms with E-state index in [1.807, 2.05) is 30.1 Å². The van der Waals surface area contributed by atoms with Crippen molar-refractivity contribution < 1.29 is 4.79 Å². The molecule has 130 valence electrons. The van der Waals surface area contributed by atoms with Crippen LogP contribution in [0, 0.1) is 0 Å². The van der Waals surface area contributed by atoms with E-state index < -0.39 is 0 Å². The molecule has 0 unspecified atom stereocenters. The number of nitrogens with zero attached hydrogens (tertiary/aromatic N) is 2. The van der Waals surface area contributed by atoms with Gasteiger partial charge in [-0.25, -0.2) is 0 Å². The van der Waals surface area contributed by atoms with E-state index >= 15 is 0 Å². The number of piperidine rings is 1. The lowest BCUT2D eigenvalue weighted by Gasteiger charge is -2.35. The molecule has 1 aliphatic rings. The molecule has 4 nitrogen and oxygen atoms in total. The SMILES string of the molecule is CCCN(CC(=O)N(C)Cc1ccccc1)C1CCNCC1.Cl. The monoisotopic (exact) mass is 339 g/mol. The molecule has 0 saturated carbocycles. The minimum Gasteiger partial charge on any atom is -0.340 e. The van der Waals surface area contributed by atoms with Gasteiger partial charge in [-0.05, 0) is 44.5 Å². The summed E-state index contributed by atoms with van der Waals surface area (Å²) in [5.41, 5.74) is 1.18. The van der Waals surface area contributed by atoms with E-state index in [9.17, 15) is 4.79 Å². The first-order chi connectivity index (χ1) is 10.7. The summed E-state index contributed by atoms with van der Waals surface area (Å²) in [7, 11) is 1.90. The Morgan fingerprint density at radius 2 is 1.87 bits per heavy atom. The van der Waals surface area contributed by atoms with Crippen molar-refractivity contribution in [1.29, 1.82) is 0 Å². The van der Waals surface area contributed by atoms with Gasteiger partial charge in [0.05, 0.1) is 6.54 Å². The number of halogens is 1. The molecule has 1 saturated heterocycles. The van der Waals surface area contributed by atoms with Crippen molar-refractivity contribution in [2.45, 2.75) is 38.8 Å². The van der Waals surface area contributed by atoms with Gasteiger partial charge in [0.2, 0.25) is 5.91 Å². The van der Waals surface area contributed by atoms with Crippen molar-refractivity contribution in [3.63, 3.8) is 0 Å². The molecule has 1 fully saturated rings. The summed E-state index contributed by atoms with van der Waals surface area (Å²) in [6, 6.07) is 10.7. The Morgan fingerprint density at radius 3 is 2.48 bits per heavy atom. The Hall–Kier alpha value is -1.10. The Balaban J connectivity index is 0.00000264. The molecule has 1 aromatic rings. The fraction of sp³-hybridized carbons (Fsp3) is 0.611. The lowest BCUT2D eigenvalue weighted by Crippen LogP contribution is -2.47. The number of hydrogen-bond acceptors (Lipinski definition) is 3. The fourth-order valence-corrected chi connectivity index (χ4v) is 3.09. The lowest BCUT2D eigenvalue weighted by molar-refractivity contribution is -0.132. The second-order valence-electron chi connectivity index (χ2n) is 6.19. The van der Waals surface area contributed by atoms with Gasteiger partial charge in [-0.3, -0.25) is 9.69 Å². The van der Waals surface area contributed by atoms with Crippen LogP contribution in [0.5, 0.6) is 0 Å². The van der Waals surface area contributed by atoms with Crippen LogP contribution >= 0.6 is 12.4 Å². The van der Waals surface area contributed by atoms with Crippen molar-refractivity contribution in [1.82, 2.24) is 15.1 Å². The molecule has 0 atom stereocenters. The average molecular weight is 340 g/mol. The highest BCUT2D eigenvalue weighted by atomic mass is 35.5. The number of likely N-dealkylation sites (N-methyl/N-ethyl adjacent to an activating group) is 1. The zero-order valence-electron chi connectivity index (χ0n) is 14.3. The Labute approximate surface area is 146 Å². The standard InChI is InChI=1S/C18H29N3O.ClH/c1-3-13-21(17-9-11-19-12-10-17)15-18(22)20(2)14-16-7-5-4-6-8-16;/h4-8,17,19H,3,9-15H2,1-2H3;1H. The quantitative estimate of drug-likeness (QED) is 0.829. The Kier molecular flexibility index (Phi) is 9.22. The summed E-state index contributed by atoms with van der Waals surface area (Å²) in [4.78, 5) is 16.8. The second kappa shape index (κ2) is 10.6. The van der Waals surface area contributed by atoms with Crippen LogP contribution in [0.4, 0.5) is 0 Å². The molecule has 0 radical (unpaired) electrons. The molecular formula is C18H30ClN3O. The first kappa shape index (κ1) is 19.9. The highest BCUT2D eigenvalue weighted by Gasteiger charge is 2.23. The van der Waals surface area contributed by atoms with E-state index in [4.69, 9.17) is 0 Å². The van der Waals surface area contributed by atoms with Crippen LogP contribution in [0.3, 0.4) is 0 Å². The van der Waals surface area contributed by atoms with Gasteiger partial charge in [-0.15, -0.1) is 12.4 Å². The molecular weight excluding hydrogens is 310 g/mol. The van der Waals surface area contributed by atoms with Gasteiger partial charge in [-0.2, -0.15) is 0 Å². The summed E-state index contributed by atoms with van der Waals surface area (Å²) in [6.45, 7) is 6.56. The molecule has 1 aliphatic heterocycles. The zero-order chi connectivity index (χ0) is 15.8. The summed E-state index contributed by atoms with van der Waals surface area (Å²) in [5.74, 6) is 0.218. The largest absolute Gasteiger partial charge is 0.340 e. The molecule has 1 amide bonds. The summed E-state index contributed by atoms with van der Waals surface area (Å²) in [6.07, 6.45) is 3.39. The molecule has 1 N–H and O–H groups in total. The minimum absolute atomic E-state index is 0. The summed E-state index contributed by atoms with van der Waals surface area (Å²) in [5, 5.41) is 3.40. The normalized spacial score (nSPS) is 15.3. The number of benzene rings is 1. The predicted molar refractivity (Wildman–Crippen MR) is 97.9 cm³/mol. The van der Waals surface area contributed by atoms with Crippen LogP contribution in [0.25, 0.3) is 0 Å². The molecule has 1 heterocycles. The highest BCUT2D eigenvalue weighted by Crippen LogP contribution is 2.13. The second-order valence-corrected chi connectivity index (χ2v) is 6.19. The van der Waals surface area contributed by atoms with Crippen LogP contribution in [-0.4, -0.2) is 55.0 Å². The third kappa shape index (κ3) is 6.50. The number of amides is 1. The van der Waals surface area contributed by atoms with E-state index in [1.165, 1.54) is 5.56 Å². The van der Waals surface area contributed by atoms with Crippen molar-refractivity contribution in [3.8, 4) is 0 Å². The molecule has 2 rings (SSSR count). The average Bonchev–Trinajstić information content (AvgIpc) is 2.56. The van der Waals surface area contributed by atoms with Crippen LogP contribution in [0.15, 0.2) is 30.3 Å². The number of carbonyl (C=O) groups is 1. The lowest BCUT2D eigenvalue weighted by atomic mass is 10.0. The molecule has 0 bridgehead atoms. The van der Waals surface area contributed by atoms with Crippen LogP contribution < -0.4 is 5.32 Å². The topological polar surface area (TPSA) is 35.6 Å². The van der Waals surface area contributed by atoms with Crippen LogP contribution in [0.2, 0.25) is 0 Å². The van der Waals surface area contributed by atoms with Crippen molar-refractivity contribution in [2.75, 3.05) is 33.2 Å². The van der Waals surface area contributed by atoms with E-state index in [-0.39, 0.29) is 18.3 Å². The van der Waals surface area contributed by atoms with E-state index in [1.54, 1.807) is 0 Å². The van der Waals surface area contributed by atoms with Crippen LogP contribution in [0.1, 0.15) is 31.7 Å². The fourth-order valence-electron chi connectivity index (χ4n) is 3.09. The number of rotatable bonds is 7. The number of carbonyl (C=O) groups excluding carboxylic acids is 1. The first-order valence-electron chi connectivity index (χ1n) is 8.43. The summed E-state index contributed by atoms with van der Waals surface area (Å²) >= 11 is 0. The maximum Gasteiger partial charge on any atom is 0.236 e. The smallest absolute Gasteiger partial charge is 0.236 e. The van der Waals surface area contributed by atoms with E-state index in [0.29, 0.717) is 19.1 Å². The molecule has 23 heavy (non-hydrogen) atoms. The van der Waals surface area contributed by atoms with Gasteiger partial charge in [-0.1, -0.05) is 37.3 Å². The summed E-state index contributed by atoms with van der Waals surface area (Å²) < 4.78 is 0. The van der Waals surface area contributed by atoms with Gasteiger partial charge in [0, 0.05) is 19.6 Å². The number of nitrogens with one attached hydrogen (secondary N) is 1. The highest BCUT2D eigenvalue weighted by molar-refractivity contribution is 5.85. The first-order valence-corrected chi connectivity index (χ1v) is 8.43.